The van der Waals surface area contributed by atoms with Crippen molar-refractivity contribution in [2.45, 2.75) is 13.5 Å². The van der Waals surface area contributed by atoms with E-state index in [0.717, 1.165) is 21.6 Å². The average molecular weight is 513 g/mol. The highest BCUT2D eigenvalue weighted by Gasteiger charge is 2.16. The van der Waals surface area contributed by atoms with Crippen molar-refractivity contribution >= 4 is 40.2 Å². The van der Waals surface area contributed by atoms with Gasteiger partial charge < -0.3 is 20.9 Å². The maximum absolute atomic E-state index is 13.0. The van der Waals surface area contributed by atoms with Crippen molar-refractivity contribution < 1.29 is 9.59 Å². The average Bonchev–Trinajstić information content (AvgIpc) is 3.61. The third-order valence-corrected chi connectivity index (χ3v) is 6.32. The highest BCUT2D eigenvalue weighted by Crippen LogP contribution is 2.26. The normalized spacial score (nSPS) is 10.8. The number of carbonyl (C=O) groups excluding carboxylic acids is 2. The summed E-state index contributed by atoms with van der Waals surface area (Å²) in [6.45, 7) is 2.76. The lowest BCUT2D eigenvalue weighted by Crippen LogP contribution is -2.26. The second-order valence-electron chi connectivity index (χ2n) is 8.28. The molecule has 5 aromatic rings. The Morgan fingerprint density at radius 3 is 2.49 bits per heavy atom. The maximum atomic E-state index is 13.0. The van der Waals surface area contributed by atoms with Gasteiger partial charge in [0.25, 0.3) is 5.91 Å². The zero-order chi connectivity index (χ0) is 25.6. The molecule has 0 aliphatic rings. The van der Waals surface area contributed by atoms with Gasteiger partial charge in [0.05, 0.1) is 16.5 Å². The van der Waals surface area contributed by atoms with Crippen LogP contribution in [0.25, 0.3) is 32.9 Å². The molecule has 186 valence electrons. The van der Waals surface area contributed by atoms with Gasteiger partial charge in [0.15, 0.2) is 5.82 Å². The Kier molecular flexibility index (Phi) is 7.13. The molecule has 2 amide bonds. The summed E-state index contributed by atoms with van der Waals surface area (Å²) in [4.78, 5) is 37.6. The minimum Gasteiger partial charge on any atom is -0.368 e. The molecular weight excluding hydrogens is 488 g/mol. The summed E-state index contributed by atoms with van der Waals surface area (Å²) in [5.74, 6) is 0.757. The summed E-state index contributed by atoms with van der Waals surface area (Å²) in [5, 5.41) is 13.5. The third-order valence-electron chi connectivity index (χ3n) is 5.61. The fourth-order valence-corrected chi connectivity index (χ4v) is 4.28. The Morgan fingerprint density at radius 2 is 1.76 bits per heavy atom. The molecule has 2 aromatic carbocycles. The number of amides is 2. The molecule has 4 N–H and O–H groups in total. The number of rotatable bonds is 9. The smallest absolute Gasteiger partial charge is 0.268 e. The highest BCUT2D eigenvalue weighted by molar-refractivity contribution is 7.09. The van der Waals surface area contributed by atoms with Crippen LogP contribution in [-0.4, -0.2) is 49.4 Å². The second kappa shape index (κ2) is 11.0. The molecule has 0 spiro atoms. The number of hydrogen-bond acceptors (Lipinski definition) is 8. The van der Waals surface area contributed by atoms with E-state index in [4.69, 9.17) is 0 Å². The van der Waals surface area contributed by atoms with Crippen LogP contribution in [0.2, 0.25) is 0 Å². The predicted octanol–water partition coefficient (Wildman–Crippen LogP) is 3.62. The SMILES string of the molecule is CC(=O)NCCNc1nc(-c2ccccc2)nc2[nH]c(C(=O)NCc3ccc(-c4cnns4)cc3)cc12. The van der Waals surface area contributed by atoms with E-state index in [2.05, 4.69) is 40.5 Å². The Hall–Kier alpha value is -4.64. The van der Waals surface area contributed by atoms with Crippen LogP contribution in [0, 0.1) is 0 Å². The van der Waals surface area contributed by atoms with Gasteiger partial charge in [0.2, 0.25) is 5.91 Å². The van der Waals surface area contributed by atoms with Crippen LogP contribution in [-0.2, 0) is 11.3 Å². The van der Waals surface area contributed by atoms with Gasteiger partial charge in [-0.15, -0.1) is 5.10 Å². The van der Waals surface area contributed by atoms with Crippen molar-refractivity contribution in [1.82, 2.24) is 35.2 Å². The Morgan fingerprint density at radius 1 is 0.946 bits per heavy atom. The van der Waals surface area contributed by atoms with Crippen LogP contribution < -0.4 is 16.0 Å². The molecule has 0 atom stereocenters. The summed E-state index contributed by atoms with van der Waals surface area (Å²) in [5.41, 5.74) is 3.78. The monoisotopic (exact) mass is 512 g/mol. The summed E-state index contributed by atoms with van der Waals surface area (Å²) in [6, 6.07) is 19.3. The Labute approximate surface area is 216 Å². The van der Waals surface area contributed by atoms with Crippen molar-refractivity contribution in [1.29, 1.82) is 0 Å². The lowest BCUT2D eigenvalue weighted by atomic mass is 10.1. The molecule has 0 fully saturated rings. The topological polar surface area (TPSA) is 138 Å². The minimum absolute atomic E-state index is 0.101. The van der Waals surface area contributed by atoms with Crippen molar-refractivity contribution in [3.63, 3.8) is 0 Å². The first-order chi connectivity index (χ1) is 18.1. The molecule has 0 saturated heterocycles. The molecule has 0 saturated carbocycles. The van der Waals surface area contributed by atoms with E-state index in [1.807, 2.05) is 54.6 Å². The first-order valence-corrected chi connectivity index (χ1v) is 12.4. The van der Waals surface area contributed by atoms with Crippen LogP contribution in [0.15, 0.2) is 66.9 Å². The summed E-state index contributed by atoms with van der Waals surface area (Å²) in [7, 11) is 0. The third kappa shape index (κ3) is 5.78. The molecule has 11 heteroatoms. The van der Waals surface area contributed by atoms with Crippen LogP contribution in [0.1, 0.15) is 23.0 Å². The molecule has 0 aliphatic carbocycles. The summed E-state index contributed by atoms with van der Waals surface area (Å²) >= 11 is 1.34. The van der Waals surface area contributed by atoms with Gasteiger partial charge in [-0.1, -0.05) is 59.1 Å². The van der Waals surface area contributed by atoms with E-state index in [1.54, 1.807) is 12.3 Å². The van der Waals surface area contributed by atoms with E-state index in [9.17, 15) is 9.59 Å². The number of aromatic amines is 1. The fourth-order valence-electron chi connectivity index (χ4n) is 3.76. The number of fused-ring (bicyclic) bond motifs is 1. The molecule has 37 heavy (non-hydrogen) atoms. The Balaban J connectivity index is 1.34. The van der Waals surface area contributed by atoms with Crippen molar-refractivity contribution in [2.24, 2.45) is 0 Å². The number of aromatic nitrogens is 5. The van der Waals surface area contributed by atoms with Gasteiger partial charge in [-0.25, -0.2) is 9.97 Å². The molecule has 0 unspecified atom stereocenters. The van der Waals surface area contributed by atoms with Crippen molar-refractivity contribution in [3.05, 3.63) is 78.1 Å². The van der Waals surface area contributed by atoms with Crippen molar-refractivity contribution in [3.8, 4) is 21.8 Å². The fraction of sp³-hybridized carbons (Fsp3) is 0.154. The molecule has 5 rings (SSSR count). The molecule has 0 aliphatic heterocycles. The number of H-pyrrole nitrogens is 1. The number of anilines is 1. The summed E-state index contributed by atoms with van der Waals surface area (Å²) in [6.07, 6.45) is 1.73. The zero-order valence-corrected chi connectivity index (χ0v) is 20.8. The van der Waals surface area contributed by atoms with Gasteiger partial charge >= 0.3 is 0 Å². The van der Waals surface area contributed by atoms with E-state index in [1.165, 1.54) is 18.5 Å². The van der Waals surface area contributed by atoms with E-state index in [-0.39, 0.29) is 11.8 Å². The van der Waals surface area contributed by atoms with Gasteiger partial charge in [-0.05, 0) is 28.7 Å². The second-order valence-corrected chi connectivity index (χ2v) is 9.06. The van der Waals surface area contributed by atoms with Crippen LogP contribution in [0.3, 0.4) is 0 Å². The first-order valence-electron chi connectivity index (χ1n) is 11.7. The largest absolute Gasteiger partial charge is 0.368 e. The van der Waals surface area contributed by atoms with Gasteiger partial charge in [-0.2, -0.15) is 0 Å². The maximum Gasteiger partial charge on any atom is 0.268 e. The number of nitrogens with one attached hydrogen (secondary N) is 4. The van der Waals surface area contributed by atoms with Crippen LogP contribution >= 0.6 is 11.5 Å². The van der Waals surface area contributed by atoms with Crippen LogP contribution in [0.4, 0.5) is 5.82 Å². The number of nitrogens with zero attached hydrogens (tertiary/aromatic N) is 4. The van der Waals surface area contributed by atoms with Crippen LogP contribution in [0.5, 0.6) is 0 Å². The Bertz CT molecular complexity index is 1520. The summed E-state index contributed by atoms with van der Waals surface area (Å²) < 4.78 is 3.89. The molecule has 3 heterocycles. The van der Waals surface area contributed by atoms with E-state index in [0.29, 0.717) is 48.0 Å². The lowest BCUT2D eigenvalue weighted by molar-refractivity contribution is -0.118. The standard InChI is InChI=1S/C26H24N8O2S/c1-16(35)27-11-12-28-24-20-13-21(31-25(20)33-23(32-24)19-5-3-2-4-6-19)26(36)29-14-17-7-9-18(10-8-17)22-15-30-34-37-22/h2-10,13,15H,11-12,14H2,1H3,(H,27,35)(H,29,36)(H2,28,31,32,33). The molecule has 3 aromatic heterocycles. The number of benzene rings is 2. The zero-order valence-electron chi connectivity index (χ0n) is 20.0. The highest BCUT2D eigenvalue weighted by atomic mass is 32.1. The number of hydrogen-bond donors (Lipinski definition) is 4. The molecular formula is C26H24N8O2S. The van der Waals surface area contributed by atoms with Gasteiger partial charge in [-0.3, -0.25) is 9.59 Å². The molecule has 10 nitrogen and oxygen atoms in total. The van der Waals surface area contributed by atoms with E-state index >= 15 is 0 Å². The quantitative estimate of drug-likeness (QED) is 0.221. The van der Waals surface area contributed by atoms with Gasteiger partial charge in [0.1, 0.15) is 17.2 Å². The minimum atomic E-state index is -0.251. The lowest BCUT2D eigenvalue weighted by Gasteiger charge is -2.09. The first kappa shape index (κ1) is 24.1. The predicted molar refractivity (Wildman–Crippen MR) is 143 cm³/mol. The molecule has 0 radical (unpaired) electrons. The van der Waals surface area contributed by atoms with E-state index < -0.39 is 0 Å². The van der Waals surface area contributed by atoms with Crippen molar-refractivity contribution in [2.75, 3.05) is 18.4 Å². The number of carbonyl (C=O) groups is 2. The molecule has 0 bridgehead atoms. The van der Waals surface area contributed by atoms with Gasteiger partial charge in [0, 0.05) is 32.1 Å².